The lowest BCUT2D eigenvalue weighted by Gasteiger charge is -2.42. The summed E-state index contributed by atoms with van der Waals surface area (Å²) >= 11 is 0. The second-order valence-electron chi connectivity index (χ2n) is 5.83. The van der Waals surface area contributed by atoms with E-state index < -0.39 is 22.2 Å². The highest BCUT2D eigenvalue weighted by Crippen LogP contribution is 2.25. The quantitative estimate of drug-likeness (QED) is 0.667. The Hall–Kier alpha value is -2.02. The van der Waals surface area contributed by atoms with Crippen molar-refractivity contribution in [3.8, 4) is 0 Å². The van der Waals surface area contributed by atoms with Crippen LogP contribution in [0.1, 0.15) is 29.8 Å². The minimum absolute atomic E-state index is 0.0977. The van der Waals surface area contributed by atoms with Crippen LogP contribution in [0.15, 0.2) is 12.1 Å². The molecule has 0 spiro atoms. The standard InChI is InChI=1S/C14H18FN3O3/c1-9-6-10(18(20)21)7-11(12(9)15)13(19)17-5-4-16-8-14(17,2)3/h6-7,16H,4-5,8H2,1-3H3. The van der Waals surface area contributed by atoms with Gasteiger partial charge in [-0.05, 0) is 26.3 Å². The van der Waals surface area contributed by atoms with Gasteiger partial charge in [-0.2, -0.15) is 0 Å². The fraction of sp³-hybridized carbons (Fsp3) is 0.500. The zero-order valence-electron chi connectivity index (χ0n) is 12.3. The maximum atomic E-state index is 14.2. The number of nitrogens with zero attached hydrogens (tertiary/aromatic N) is 2. The summed E-state index contributed by atoms with van der Waals surface area (Å²) in [5.41, 5.74) is -0.886. The number of amides is 1. The van der Waals surface area contributed by atoms with Gasteiger partial charge >= 0.3 is 0 Å². The van der Waals surface area contributed by atoms with Crippen LogP contribution in [0.5, 0.6) is 0 Å². The highest BCUT2D eigenvalue weighted by Gasteiger charge is 2.35. The molecule has 6 nitrogen and oxygen atoms in total. The zero-order valence-corrected chi connectivity index (χ0v) is 12.3. The van der Waals surface area contributed by atoms with Crippen LogP contribution in [0.4, 0.5) is 10.1 Å². The summed E-state index contributed by atoms with van der Waals surface area (Å²) in [6.45, 7) is 6.81. The Morgan fingerprint density at radius 3 is 2.71 bits per heavy atom. The first kappa shape index (κ1) is 15.4. The number of nitro groups is 1. The number of benzene rings is 1. The largest absolute Gasteiger partial charge is 0.331 e. The number of hydrogen-bond acceptors (Lipinski definition) is 4. The van der Waals surface area contributed by atoms with Crippen molar-refractivity contribution in [2.45, 2.75) is 26.3 Å². The molecule has 1 aliphatic heterocycles. The average molecular weight is 295 g/mol. The molecule has 2 rings (SSSR count). The van der Waals surface area contributed by atoms with E-state index in [1.54, 1.807) is 4.90 Å². The van der Waals surface area contributed by atoms with Crippen molar-refractivity contribution in [3.63, 3.8) is 0 Å². The molecular formula is C14H18FN3O3. The zero-order chi connectivity index (χ0) is 15.8. The van der Waals surface area contributed by atoms with Gasteiger partial charge in [0.2, 0.25) is 0 Å². The Morgan fingerprint density at radius 2 is 2.14 bits per heavy atom. The Bertz CT molecular complexity index is 601. The number of halogens is 1. The molecule has 7 heteroatoms. The van der Waals surface area contributed by atoms with E-state index in [9.17, 15) is 19.3 Å². The molecule has 0 aliphatic carbocycles. The molecule has 1 aliphatic rings. The van der Waals surface area contributed by atoms with Crippen LogP contribution in [0.3, 0.4) is 0 Å². The molecule has 1 saturated heterocycles. The van der Waals surface area contributed by atoms with E-state index in [2.05, 4.69) is 5.32 Å². The molecule has 0 aromatic heterocycles. The number of non-ortho nitro benzene ring substituents is 1. The van der Waals surface area contributed by atoms with E-state index in [4.69, 9.17) is 0 Å². The van der Waals surface area contributed by atoms with Crippen molar-refractivity contribution in [2.75, 3.05) is 19.6 Å². The normalized spacial score (nSPS) is 17.6. The molecule has 1 amide bonds. The summed E-state index contributed by atoms with van der Waals surface area (Å²) in [5.74, 6) is -1.20. The molecule has 1 heterocycles. The molecule has 1 aromatic rings. The average Bonchev–Trinajstić information content (AvgIpc) is 2.40. The Labute approximate surface area is 122 Å². The number of carbonyl (C=O) groups is 1. The third-order valence-electron chi connectivity index (χ3n) is 3.73. The van der Waals surface area contributed by atoms with Crippen molar-refractivity contribution in [1.82, 2.24) is 10.2 Å². The van der Waals surface area contributed by atoms with Gasteiger partial charge in [0.1, 0.15) is 5.82 Å². The topological polar surface area (TPSA) is 75.5 Å². The fourth-order valence-corrected chi connectivity index (χ4v) is 2.52. The van der Waals surface area contributed by atoms with Gasteiger partial charge < -0.3 is 10.2 Å². The summed E-state index contributed by atoms with van der Waals surface area (Å²) in [6, 6.07) is 2.15. The third kappa shape index (κ3) is 2.87. The second-order valence-corrected chi connectivity index (χ2v) is 5.83. The van der Waals surface area contributed by atoms with Gasteiger partial charge in [0, 0.05) is 31.8 Å². The molecule has 0 unspecified atom stereocenters. The maximum Gasteiger partial charge on any atom is 0.270 e. The van der Waals surface area contributed by atoms with Crippen LogP contribution in [0.2, 0.25) is 0 Å². The summed E-state index contributed by atoms with van der Waals surface area (Å²) in [7, 11) is 0. The van der Waals surface area contributed by atoms with Gasteiger partial charge in [-0.3, -0.25) is 14.9 Å². The Morgan fingerprint density at radius 1 is 1.48 bits per heavy atom. The lowest BCUT2D eigenvalue weighted by Crippen LogP contribution is -2.60. The smallest absolute Gasteiger partial charge is 0.270 e. The molecule has 0 atom stereocenters. The minimum Gasteiger partial charge on any atom is -0.331 e. The van der Waals surface area contributed by atoms with Crippen LogP contribution < -0.4 is 5.32 Å². The first-order valence-electron chi connectivity index (χ1n) is 6.71. The number of rotatable bonds is 2. The highest BCUT2D eigenvalue weighted by atomic mass is 19.1. The van der Waals surface area contributed by atoms with Crippen molar-refractivity contribution >= 4 is 11.6 Å². The monoisotopic (exact) mass is 295 g/mol. The van der Waals surface area contributed by atoms with Crippen LogP contribution in [-0.4, -0.2) is 40.9 Å². The summed E-state index contributed by atoms with van der Waals surface area (Å²) in [5, 5.41) is 14.1. The summed E-state index contributed by atoms with van der Waals surface area (Å²) in [6.07, 6.45) is 0. The van der Waals surface area contributed by atoms with E-state index in [1.165, 1.54) is 6.92 Å². The molecular weight excluding hydrogens is 277 g/mol. The van der Waals surface area contributed by atoms with E-state index in [0.29, 0.717) is 19.6 Å². The fourth-order valence-electron chi connectivity index (χ4n) is 2.52. The third-order valence-corrected chi connectivity index (χ3v) is 3.73. The molecule has 21 heavy (non-hydrogen) atoms. The van der Waals surface area contributed by atoms with Crippen LogP contribution >= 0.6 is 0 Å². The van der Waals surface area contributed by atoms with Gasteiger partial charge in [0.25, 0.3) is 11.6 Å². The number of hydrogen-bond donors (Lipinski definition) is 1. The molecule has 1 fully saturated rings. The highest BCUT2D eigenvalue weighted by molar-refractivity contribution is 5.96. The van der Waals surface area contributed by atoms with Crippen molar-refractivity contribution in [2.24, 2.45) is 0 Å². The van der Waals surface area contributed by atoms with Crippen LogP contribution in [0, 0.1) is 22.9 Å². The van der Waals surface area contributed by atoms with E-state index >= 15 is 0 Å². The maximum absolute atomic E-state index is 14.2. The molecule has 0 radical (unpaired) electrons. The molecule has 0 saturated carbocycles. The number of nitrogens with one attached hydrogen (secondary N) is 1. The number of aryl methyl sites for hydroxylation is 1. The minimum atomic E-state index is -0.695. The van der Waals surface area contributed by atoms with Crippen LogP contribution in [0.25, 0.3) is 0 Å². The van der Waals surface area contributed by atoms with Crippen molar-refractivity contribution < 1.29 is 14.1 Å². The van der Waals surface area contributed by atoms with Gasteiger partial charge in [0.15, 0.2) is 0 Å². The van der Waals surface area contributed by atoms with E-state index in [0.717, 1.165) is 12.1 Å². The van der Waals surface area contributed by atoms with Gasteiger partial charge in [-0.1, -0.05) is 0 Å². The SMILES string of the molecule is Cc1cc([N+](=O)[O-])cc(C(=O)N2CCNCC2(C)C)c1F. The summed E-state index contributed by atoms with van der Waals surface area (Å²) in [4.78, 5) is 24.4. The lowest BCUT2D eigenvalue weighted by atomic mass is 9.98. The van der Waals surface area contributed by atoms with E-state index in [-0.39, 0.29) is 16.8 Å². The molecule has 0 bridgehead atoms. The predicted molar refractivity (Wildman–Crippen MR) is 75.8 cm³/mol. The van der Waals surface area contributed by atoms with Gasteiger partial charge in [-0.25, -0.2) is 4.39 Å². The predicted octanol–water partition coefficient (Wildman–Crippen LogP) is 1.87. The molecule has 114 valence electrons. The lowest BCUT2D eigenvalue weighted by molar-refractivity contribution is -0.385. The van der Waals surface area contributed by atoms with E-state index in [1.807, 2.05) is 13.8 Å². The second kappa shape index (κ2) is 5.40. The van der Waals surface area contributed by atoms with Crippen LogP contribution in [-0.2, 0) is 0 Å². The van der Waals surface area contributed by atoms with Gasteiger partial charge in [0.05, 0.1) is 16.0 Å². The molecule has 1 N–H and O–H groups in total. The first-order valence-corrected chi connectivity index (χ1v) is 6.71. The van der Waals surface area contributed by atoms with Gasteiger partial charge in [-0.15, -0.1) is 0 Å². The number of nitro benzene ring substituents is 1. The number of carbonyl (C=O) groups excluding carboxylic acids is 1. The molecule has 1 aromatic carbocycles. The van der Waals surface area contributed by atoms with Crippen molar-refractivity contribution in [1.29, 1.82) is 0 Å². The Balaban J connectivity index is 2.45. The number of piperazine rings is 1. The van der Waals surface area contributed by atoms with Crippen molar-refractivity contribution in [3.05, 3.63) is 39.2 Å². The Kier molecular flexibility index (Phi) is 3.95. The summed E-state index contributed by atoms with van der Waals surface area (Å²) < 4.78 is 14.2. The first-order chi connectivity index (χ1) is 9.74.